The van der Waals surface area contributed by atoms with E-state index in [9.17, 15) is 13.6 Å². The third-order valence-corrected chi connectivity index (χ3v) is 5.61. The lowest BCUT2D eigenvalue weighted by Gasteiger charge is -2.13. The van der Waals surface area contributed by atoms with Gasteiger partial charge in [0.2, 0.25) is 0 Å². The number of hydrogen-bond donors (Lipinski definition) is 1. The number of benzene rings is 1. The molecule has 1 N–H and O–H groups in total. The Morgan fingerprint density at radius 1 is 1.17 bits per heavy atom. The second kappa shape index (κ2) is 6.56. The Hall–Kier alpha value is -3.46. The van der Waals surface area contributed by atoms with Crippen molar-refractivity contribution in [1.29, 1.82) is 0 Å². The monoisotopic (exact) mass is 409 g/mol. The molecule has 0 saturated heterocycles. The van der Waals surface area contributed by atoms with E-state index in [-0.39, 0.29) is 12.1 Å². The zero-order valence-electron chi connectivity index (χ0n) is 15.1. The average molecular weight is 409 g/mol. The van der Waals surface area contributed by atoms with Crippen LogP contribution in [0.25, 0.3) is 33.6 Å². The average Bonchev–Trinajstić information content (AvgIpc) is 3.37. The minimum Gasteiger partial charge on any atom is -0.319 e. The lowest BCUT2D eigenvalue weighted by Crippen LogP contribution is -2.16. The van der Waals surface area contributed by atoms with Crippen molar-refractivity contribution < 1.29 is 8.78 Å². The van der Waals surface area contributed by atoms with Crippen molar-refractivity contribution in [3.05, 3.63) is 74.5 Å². The molecular weight excluding hydrogens is 396 g/mol. The van der Waals surface area contributed by atoms with Gasteiger partial charge in [-0.05, 0) is 36.1 Å². The molecule has 0 bridgehead atoms. The molecule has 1 aromatic carbocycles. The summed E-state index contributed by atoms with van der Waals surface area (Å²) in [4.78, 5) is 28.1. The number of aromatic nitrogens is 5. The molecule has 4 aromatic heterocycles. The molecule has 0 fully saturated rings. The van der Waals surface area contributed by atoms with E-state index in [0.29, 0.717) is 33.6 Å². The molecule has 0 atom stereocenters. The smallest absolute Gasteiger partial charge is 0.251 e. The first kappa shape index (κ1) is 17.6. The fourth-order valence-corrected chi connectivity index (χ4v) is 4.08. The number of aromatic amines is 1. The van der Waals surface area contributed by atoms with Crippen molar-refractivity contribution in [3.63, 3.8) is 0 Å². The van der Waals surface area contributed by atoms with Crippen LogP contribution in [0.5, 0.6) is 0 Å². The van der Waals surface area contributed by atoms with Crippen LogP contribution in [0.3, 0.4) is 0 Å². The maximum atomic E-state index is 14.3. The summed E-state index contributed by atoms with van der Waals surface area (Å²) in [7, 11) is 0. The van der Waals surface area contributed by atoms with Crippen LogP contribution < -0.4 is 5.56 Å². The summed E-state index contributed by atoms with van der Waals surface area (Å²) >= 11 is 1.53. The number of imidazole rings is 1. The van der Waals surface area contributed by atoms with Crippen LogP contribution in [0.1, 0.15) is 11.1 Å². The molecule has 0 radical (unpaired) electrons. The summed E-state index contributed by atoms with van der Waals surface area (Å²) in [5, 5.41) is 4.32. The fraction of sp³-hybridized carbons (Fsp3) is 0.100. The highest BCUT2D eigenvalue weighted by atomic mass is 32.1. The number of nitrogens with one attached hydrogen (secondary N) is 1. The van der Waals surface area contributed by atoms with Gasteiger partial charge in [-0.3, -0.25) is 4.79 Å². The van der Waals surface area contributed by atoms with E-state index < -0.39 is 17.2 Å². The summed E-state index contributed by atoms with van der Waals surface area (Å²) in [6.07, 6.45) is 3.12. The lowest BCUT2D eigenvalue weighted by molar-refractivity contribution is 0.515. The minimum absolute atomic E-state index is 0.150. The first-order valence-electron chi connectivity index (χ1n) is 8.74. The van der Waals surface area contributed by atoms with Gasteiger partial charge in [-0.25, -0.2) is 23.7 Å². The number of halogens is 2. The molecule has 0 saturated carbocycles. The molecule has 29 heavy (non-hydrogen) atoms. The Kier molecular flexibility index (Phi) is 3.99. The second-order valence-electron chi connectivity index (χ2n) is 6.58. The van der Waals surface area contributed by atoms with Crippen LogP contribution in [-0.4, -0.2) is 24.5 Å². The molecular formula is C20H13F2N5OS. The van der Waals surface area contributed by atoms with Crippen molar-refractivity contribution >= 4 is 33.5 Å². The molecule has 6 nitrogen and oxygen atoms in total. The molecule has 4 heterocycles. The normalized spacial score (nSPS) is 11.6. The van der Waals surface area contributed by atoms with Gasteiger partial charge in [0.05, 0.1) is 12.1 Å². The molecule has 5 rings (SSSR count). The zero-order valence-corrected chi connectivity index (χ0v) is 15.9. The number of pyridine rings is 1. The first-order valence-corrected chi connectivity index (χ1v) is 9.68. The van der Waals surface area contributed by atoms with Crippen LogP contribution in [0.4, 0.5) is 8.78 Å². The highest BCUT2D eigenvalue weighted by Gasteiger charge is 2.20. The highest BCUT2D eigenvalue weighted by Crippen LogP contribution is 2.28. The molecule has 9 heteroatoms. The number of nitrogens with zero attached hydrogens (tertiary/aromatic N) is 4. The van der Waals surface area contributed by atoms with Gasteiger partial charge in [0.25, 0.3) is 5.56 Å². The van der Waals surface area contributed by atoms with E-state index in [1.807, 2.05) is 21.4 Å². The molecule has 0 amide bonds. The summed E-state index contributed by atoms with van der Waals surface area (Å²) in [6.45, 7) is 1.86. The van der Waals surface area contributed by atoms with E-state index in [1.54, 1.807) is 19.3 Å². The molecule has 5 aromatic rings. The number of hydrogen-bond acceptors (Lipinski definition) is 5. The van der Waals surface area contributed by atoms with Gasteiger partial charge in [0.15, 0.2) is 22.9 Å². The Morgan fingerprint density at radius 2 is 2.00 bits per heavy atom. The second-order valence-corrected chi connectivity index (χ2v) is 7.36. The maximum absolute atomic E-state index is 14.3. The van der Waals surface area contributed by atoms with Crippen molar-refractivity contribution in [2.75, 3.05) is 0 Å². The number of rotatable bonds is 3. The predicted octanol–water partition coefficient (Wildman–Crippen LogP) is 4.03. The third kappa shape index (κ3) is 2.73. The zero-order chi connectivity index (χ0) is 20.1. The van der Waals surface area contributed by atoms with Gasteiger partial charge in [0, 0.05) is 34.3 Å². The standard InChI is InChI=1S/C20H13F2N5OS/c1-10-13(12-2-3-14(21)15(22)16(12)25-20(10)28)8-27-18(11-4-7-29-9-11)26-17-19(27)24-6-5-23-17/h2-7,9H,8H2,1H3,(H,25,28). The predicted molar refractivity (Wildman–Crippen MR) is 107 cm³/mol. The SMILES string of the molecule is Cc1c(Cn2c(-c3ccsc3)nc3nccnc32)c2ccc(F)c(F)c2[nH]c1=O. The van der Waals surface area contributed by atoms with Crippen LogP contribution >= 0.6 is 11.3 Å². The first-order chi connectivity index (χ1) is 14.0. The summed E-state index contributed by atoms with van der Waals surface area (Å²) < 4.78 is 29.9. The Morgan fingerprint density at radius 3 is 2.79 bits per heavy atom. The minimum atomic E-state index is -1.07. The molecule has 0 spiro atoms. The quantitative estimate of drug-likeness (QED) is 0.488. The van der Waals surface area contributed by atoms with Crippen LogP contribution in [0, 0.1) is 18.6 Å². The number of H-pyrrole nitrogens is 1. The van der Waals surface area contributed by atoms with E-state index >= 15 is 0 Å². The van der Waals surface area contributed by atoms with Crippen molar-refractivity contribution in [3.8, 4) is 11.4 Å². The molecule has 0 unspecified atom stereocenters. The Bertz CT molecular complexity index is 1440. The maximum Gasteiger partial charge on any atom is 0.251 e. The number of fused-ring (bicyclic) bond motifs is 2. The fourth-order valence-electron chi connectivity index (χ4n) is 3.45. The molecule has 0 aliphatic carbocycles. The summed E-state index contributed by atoms with van der Waals surface area (Å²) in [5.41, 5.74) is 2.28. The Labute approximate surface area is 166 Å². The summed E-state index contributed by atoms with van der Waals surface area (Å²) in [5.74, 6) is -1.45. The van der Waals surface area contributed by atoms with Gasteiger partial charge in [-0.2, -0.15) is 11.3 Å². The summed E-state index contributed by atoms with van der Waals surface area (Å²) in [6, 6.07) is 4.46. The molecule has 144 valence electrons. The Balaban J connectivity index is 1.80. The highest BCUT2D eigenvalue weighted by molar-refractivity contribution is 7.08. The number of thiophene rings is 1. The van der Waals surface area contributed by atoms with Crippen molar-refractivity contribution in [2.45, 2.75) is 13.5 Å². The van der Waals surface area contributed by atoms with Crippen LogP contribution in [-0.2, 0) is 6.54 Å². The largest absolute Gasteiger partial charge is 0.319 e. The van der Waals surface area contributed by atoms with Gasteiger partial charge < -0.3 is 9.55 Å². The molecule has 0 aliphatic heterocycles. The van der Waals surface area contributed by atoms with Crippen molar-refractivity contribution in [2.24, 2.45) is 0 Å². The molecule has 0 aliphatic rings. The topological polar surface area (TPSA) is 76.5 Å². The van der Waals surface area contributed by atoms with Gasteiger partial charge in [-0.15, -0.1) is 0 Å². The van der Waals surface area contributed by atoms with E-state index in [0.717, 1.165) is 11.6 Å². The van der Waals surface area contributed by atoms with Gasteiger partial charge in [-0.1, -0.05) is 0 Å². The van der Waals surface area contributed by atoms with Gasteiger partial charge in [0.1, 0.15) is 5.82 Å². The van der Waals surface area contributed by atoms with E-state index in [4.69, 9.17) is 0 Å². The lowest BCUT2D eigenvalue weighted by atomic mass is 10.0. The van der Waals surface area contributed by atoms with Gasteiger partial charge >= 0.3 is 0 Å². The van der Waals surface area contributed by atoms with Crippen molar-refractivity contribution in [1.82, 2.24) is 24.5 Å². The van der Waals surface area contributed by atoms with Crippen LogP contribution in [0.15, 0.2) is 46.1 Å². The van der Waals surface area contributed by atoms with Crippen LogP contribution in [0.2, 0.25) is 0 Å². The van der Waals surface area contributed by atoms with E-state index in [1.165, 1.54) is 17.4 Å². The third-order valence-electron chi connectivity index (χ3n) is 4.93. The van der Waals surface area contributed by atoms with E-state index in [2.05, 4.69) is 19.9 Å².